The molecule has 0 unspecified atom stereocenters. The number of carbonyl (C=O) groups excluding carboxylic acids is 2. The van der Waals surface area contributed by atoms with E-state index >= 15 is 0 Å². The normalized spacial score (nSPS) is 12.9. The number of aryl methyl sites for hydroxylation is 2. The Bertz CT molecular complexity index is 1480. The summed E-state index contributed by atoms with van der Waals surface area (Å²) in [5.74, 6) is -0.831. The van der Waals surface area contributed by atoms with Crippen molar-refractivity contribution in [1.82, 2.24) is 10.2 Å². The van der Waals surface area contributed by atoms with Crippen molar-refractivity contribution in [2.45, 2.75) is 71.0 Å². The molecule has 0 aliphatic carbocycles. The van der Waals surface area contributed by atoms with Crippen molar-refractivity contribution >= 4 is 50.7 Å². The van der Waals surface area contributed by atoms with Gasteiger partial charge in [-0.1, -0.05) is 73.4 Å². The molecule has 41 heavy (non-hydrogen) atoms. The maximum absolute atomic E-state index is 14.2. The van der Waals surface area contributed by atoms with E-state index in [2.05, 4.69) is 5.32 Å². The van der Waals surface area contributed by atoms with Crippen LogP contribution in [-0.4, -0.2) is 43.8 Å². The van der Waals surface area contributed by atoms with E-state index in [4.69, 9.17) is 23.2 Å². The van der Waals surface area contributed by atoms with Crippen LogP contribution < -0.4 is 9.62 Å². The predicted octanol–water partition coefficient (Wildman–Crippen LogP) is 6.53. The highest BCUT2D eigenvalue weighted by atomic mass is 35.5. The number of anilines is 1. The zero-order chi connectivity index (χ0) is 30.3. The molecule has 0 heterocycles. The molecule has 0 aromatic heterocycles. The third-order valence-electron chi connectivity index (χ3n) is 6.97. The van der Waals surface area contributed by atoms with Gasteiger partial charge in [-0.25, -0.2) is 8.42 Å². The molecule has 0 spiro atoms. The molecule has 3 aromatic carbocycles. The van der Waals surface area contributed by atoms with Gasteiger partial charge in [-0.05, 0) is 80.6 Å². The molecule has 0 bridgehead atoms. The van der Waals surface area contributed by atoms with E-state index in [1.54, 1.807) is 49.4 Å². The summed E-state index contributed by atoms with van der Waals surface area (Å²) in [6.07, 6.45) is 1.04. The Morgan fingerprint density at radius 1 is 0.902 bits per heavy atom. The SMILES string of the molecule is CC[C@H](C)NC(=O)[C@H](CC)N(Cc1ccc(Cl)c(Cl)c1)C(=O)CN(c1cc(C)ccc1C)S(=O)(=O)c1ccccc1. The summed E-state index contributed by atoms with van der Waals surface area (Å²) >= 11 is 12.4. The maximum Gasteiger partial charge on any atom is 0.264 e. The van der Waals surface area contributed by atoms with E-state index in [-0.39, 0.29) is 23.4 Å². The van der Waals surface area contributed by atoms with Crippen molar-refractivity contribution in [3.8, 4) is 0 Å². The van der Waals surface area contributed by atoms with Crippen LogP contribution in [0.4, 0.5) is 5.69 Å². The van der Waals surface area contributed by atoms with Crippen molar-refractivity contribution in [2.75, 3.05) is 10.8 Å². The molecule has 0 aliphatic heterocycles. The molecule has 10 heteroatoms. The van der Waals surface area contributed by atoms with Crippen molar-refractivity contribution in [2.24, 2.45) is 0 Å². The van der Waals surface area contributed by atoms with Crippen molar-refractivity contribution in [3.05, 3.63) is 93.5 Å². The lowest BCUT2D eigenvalue weighted by Gasteiger charge is -2.34. The first kappa shape index (κ1) is 32.4. The van der Waals surface area contributed by atoms with Crippen LogP contribution in [0.15, 0.2) is 71.6 Å². The van der Waals surface area contributed by atoms with E-state index < -0.39 is 28.5 Å². The van der Waals surface area contributed by atoms with E-state index in [1.807, 2.05) is 39.8 Å². The van der Waals surface area contributed by atoms with Crippen LogP contribution in [-0.2, 0) is 26.2 Å². The fourth-order valence-electron chi connectivity index (χ4n) is 4.42. The number of benzene rings is 3. The van der Waals surface area contributed by atoms with Crippen LogP contribution in [0.3, 0.4) is 0 Å². The average molecular weight is 619 g/mol. The van der Waals surface area contributed by atoms with Crippen molar-refractivity contribution < 1.29 is 18.0 Å². The van der Waals surface area contributed by atoms with Crippen LogP contribution in [0.1, 0.15) is 50.3 Å². The van der Waals surface area contributed by atoms with Gasteiger partial charge in [0.1, 0.15) is 12.6 Å². The van der Waals surface area contributed by atoms with Crippen LogP contribution in [0.5, 0.6) is 0 Å². The van der Waals surface area contributed by atoms with Gasteiger partial charge in [0.05, 0.1) is 20.6 Å². The summed E-state index contributed by atoms with van der Waals surface area (Å²) in [5, 5.41) is 3.65. The minimum atomic E-state index is -4.14. The van der Waals surface area contributed by atoms with Gasteiger partial charge in [0.2, 0.25) is 11.8 Å². The summed E-state index contributed by atoms with van der Waals surface area (Å²) in [7, 11) is -4.14. The highest BCUT2D eigenvalue weighted by Crippen LogP contribution is 2.29. The van der Waals surface area contributed by atoms with Gasteiger partial charge in [-0.3, -0.25) is 13.9 Å². The molecular formula is C31H37Cl2N3O4S. The third kappa shape index (κ3) is 8.03. The monoisotopic (exact) mass is 617 g/mol. The Hall–Kier alpha value is -3.07. The lowest BCUT2D eigenvalue weighted by atomic mass is 10.1. The van der Waals surface area contributed by atoms with E-state index in [0.29, 0.717) is 33.3 Å². The number of nitrogens with zero attached hydrogens (tertiary/aromatic N) is 2. The largest absolute Gasteiger partial charge is 0.352 e. The second-order valence-corrected chi connectivity index (χ2v) is 12.8. The first-order chi connectivity index (χ1) is 19.4. The predicted molar refractivity (Wildman–Crippen MR) is 166 cm³/mol. The molecule has 7 nitrogen and oxygen atoms in total. The highest BCUT2D eigenvalue weighted by molar-refractivity contribution is 7.92. The minimum Gasteiger partial charge on any atom is -0.352 e. The van der Waals surface area contributed by atoms with Crippen LogP contribution in [0, 0.1) is 13.8 Å². The molecule has 2 atom stereocenters. The van der Waals surface area contributed by atoms with Crippen LogP contribution in [0.25, 0.3) is 0 Å². The number of amides is 2. The summed E-state index contributed by atoms with van der Waals surface area (Å²) in [6.45, 7) is 8.87. The smallest absolute Gasteiger partial charge is 0.264 e. The number of nitrogens with one attached hydrogen (secondary N) is 1. The Morgan fingerprint density at radius 2 is 1.59 bits per heavy atom. The van der Waals surface area contributed by atoms with Gasteiger partial charge in [-0.15, -0.1) is 0 Å². The zero-order valence-electron chi connectivity index (χ0n) is 24.0. The second-order valence-electron chi connectivity index (χ2n) is 10.1. The Morgan fingerprint density at radius 3 is 2.20 bits per heavy atom. The average Bonchev–Trinajstić information content (AvgIpc) is 2.95. The molecule has 0 aliphatic rings. The topological polar surface area (TPSA) is 86.8 Å². The number of rotatable bonds is 12. The lowest BCUT2D eigenvalue weighted by Crippen LogP contribution is -2.53. The van der Waals surface area contributed by atoms with Crippen molar-refractivity contribution in [3.63, 3.8) is 0 Å². The molecule has 1 N–H and O–H groups in total. The number of halogens is 2. The van der Waals surface area contributed by atoms with Gasteiger partial charge in [0, 0.05) is 12.6 Å². The molecule has 3 aromatic rings. The summed E-state index contributed by atoms with van der Waals surface area (Å²) in [6, 6.07) is 17.5. The number of sulfonamides is 1. The van der Waals surface area contributed by atoms with E-state index in [9.17, 15) is 18.0 Å². The fraction of sp³-hybridized carbons (Fsp3) is 0.355. The minimum absolute atomic E-state index is 0.0359. The van der Waals surface area contributed by atoms with Crippen LogP contribution in [0.2, 0.25) is 10.0 Å². The highest BCUT2D eigenvalue weighted by Gasteiger charge is 2.34. The molecular weight excluding hydrogens is 581 g/mol. The van der Waals surface area contributed by atoms with Gasteiger partial charge < -0.3 is 10.2 Å². The summed E-state index contributed by atoms with van der Waals surface area (Å²) in [4.78, 5) is 29.1. The summed E-state index contributed by atoms with van der Waals surface area (Å²) in [5.41, 5.74) is 2.60. The van der Waals surface area contributed by atoms with Crippen LogP contribution >= 0.6 is 23.2 Å². The molecule has 0 fully saturated rings. The van der Waals surface area contributed by atoms with E-state index in [1.165, 1.54) is 17.0 Å². The fourth-order valence-corrected chi connectivity index (χ4v) is 6.23. The van der Waals surface area contributed by atoms with Gasteiger partial charge in [-0.2, -0.15) is 0 Å². The van der Waals surface area contributed by atoms with Gasteiger partial charge in [0.25, 0.3) is 10.0 Å². The Balaban J connectivity index is 2.10. The molecule has 220 valence electrons. The summed E-state index contributed by atoms with van der Waals surface area (Å²) < 4.78 is 29.1. The first-order valence-electron chi connectivity index (χ1n) is 13.6. The molecule has 2 amide bonds. The lowest BCUT2D eigenvalue weighted by molar-refractivity contribution is -0.140. The van der Waals surface area contributed by atoms with Gasteiger partial charge >= 0.3 is 0 Å². The molecule has 3 rings (SSSR count). The maximum atomic E-state index is 14.2. The number of hydrogen-bond acceptors (Lipinski definition) is 4. The molecule has 0 saturated heterocycles. The first-order valence-corrected chi connectivity index (χ1v) is 15.8. The quantitative estimate of drug-likeness (QED) is 0.250. The molecule has 0 radical (unpaired) electrons. The Kier molecular flexibility index (Phi) is 11.2. The van der Waals surface area contributed by atoms with Crippen molar-refractivity contribution in [1.29, 1.82) is 0 Å². The number of carbonyl (C=O) groups is 2. The third-order valence-corrected chi connectivity index (χ3v) is 9.48. The zero-order valence-corrected chi connectivity index (χ0v) is 26.4. The Labute approximate surface area is 253 Å². The number of hydrogen-bond donors (Lipinski definition) is 1. The van der Waals surface area contributed by atoms with E-state index in [0.717, 1.165) is 16.3 Å². The second kappa shape index (κ2) is 14.2. The van der Waals surface area contributed by atoms with Gasteiger partial charge in [0.15, 0.2) is 0 Å². The standard InChI is InChI=1S/C31H37Cl2N3O4S/c1-6-23(5)34-31(38)28(7-2)35(19-24-15-16-26(32)27(33)18-24)30(37)20-36(29-17-21(3)13-14-22(29)4)41(39,40)25-11-9-8-10-12-25/h8-18,23,28H,6-7,19-20H2,1-5H3,(H,34,38)/t23-,28-/m0/s1. The molecule has 0 saturated carbocycles.